The van der Waals surface area contributed by atoms with Crippen LogP contribution in [-0.4, -0.2) is 16.0 Å². The molecule has 6 nitrogen and oxygen atoms in total. The Morgan fingerprint density at radius 2 is 2.04 bits per heavy atom. The molecule has 4 aromatic rings. The van der Waals surface area contributed by atoms with Crippen LogP contribution >= 0.6 is 11.3 Å². The van der Waals surface area contributed by atoms with E-state index in [0.717, 1.165) is 10.4 Å². The molecule has 0 fully saturated rings. The lowest BCUT2D eigenvalue weighted by Crippen LogP contribution is -2.23. The molecular formula is C20H14FN3O3S. The van der Waals surface area contributed by atoms with Gasteiger partial charge in [0.1, 0.15) is 11.6 Å². The van der Waals surface area contributed by atoms with Crippen molar-refractivity contribution < 1.29 is 18.4 Å². The Bertz CT molecular complexity index is 1060. The van der Waals surface area contributed by atoms with Gasteiger partial charge in [0, 0.05) is 24.9 Å². The van der Waals surface area contributed by atoms with Crippen LogP contribution in [0.25, 0.3) is 10.6 Å². The Morgan fingerprint density at radius 3 is 2.75 bits per heavy atom. The molecule has 0 aliphatic heterocycles. The predicted molar refractivity (Wildman–Crippen MR) is 102 cm³/mol. The Balaban J connectivity index is 1.33. The largest absolute Gasteiger partial charge is 0.439 e. The summed E-state index contributed by atoms with van der Waals surface area (Å²) in [6, 6.07) is 14.5. The van der Waals surface area contributed by atoms with Gasteiger partial charge >= 0.3 is 0 Å². The van der Waals surface area contributed by atoms with Gasteiger partial charge in [0.25, 0.3) is 5.91 Å². The number of aromatic nitrogens is 2. The molecular weight excluding hydrogens is 381 g/mol. The van der Waals surface area contributed by atoms with Crippen molar-refractivity contribution in [3.8, 4) is 22.3 Å². The predicted octanol–water partition coefficient (Wildman–Crippen LogP) is 4.66. The molecule has 0 bridgehead atoms. The molecule has 3 heterocycles. The monoisotopic (exact) mass is 395 g/mol. The zero-order valence-electron chi connectivity index (χ0n) is 14.5. The second kappa shape index (κ2) is 8.01. The van der Waals surface area contributed by atoms with E-state index in [9.17, 15) is 9.18 Å². The van der Waals surface area contributed by atoms with Crippen LogP contribution in [0.15, 0.2) is 70.7 Å². The van der Waals surface area contributed by atoms with Crippen molar-refractivity contribution in [2.45, 2.75) is 6.54 Å². The van der Waals surface area contributed by atoms with Gasteiger partial charge in [-0.25, -0.2) is 9.37 Å². The van der Waals surface area contributed by atoms with Crippen molar-refractivity contribution in [2.75, 3.05) is 0 Å². The fourth-order valence-electron chi connectivity index (χ4n) is 2.39. The summed E-state index contributed by atoms with van der Waals surface area (Å²) in [6.07, 6.45) is 1.60. The second-order valence-corrected chi connectivity index (χ2v) is 6.74. The van der Waals surface area contributed by atoms with Crippen molar-refractivity contribution >= 4 is 17.2 Å². The highest BCUT2D eigenvalue weighted by molar-refractivity contribution is 7.13. The molecule has 1 N–H and O–H groups in total. The highest BCUT2D eigenvalue weighted by Gasteiger charge is 2.14. The molecule has 1 amide bonds. The van der Waals surface area contributed by atoms with E-state index in [4.69, 9.17) is 9.26 Å². The van der Waals surface area contributed by atoms with Gasteiger partial charge in [-0.3, -0.25) is 4.79 Å². The molecule has 0 radical (unpaired) electrons. The first-order valence-corrected chi connectivity index (χ1v) is 9.22. The maximum Gasteiger partial charge on any atom is 0.273 e. The summed E-state index contributed by atoms with van der Waals surface area (Å²) in [4.78, 5) is 17.3. The summed E-state index contributed by atoms with van der Waals surface area (Å²) in [7, 11) is 0. The van der Waals surface area contributed by atoms with E-state index in [1.807, 2.05) is 17.5 Å². The number of carbonyl (C=O) groups is 1. The van der Waals surface area contributed by atoms with Crippen molar-refractivity contribution in [1.82, 2.24) is 15.5 Å². The summed E-state index contributed by atoms with van der Waals surface area (Å²) in [5.41, 5.74) is 1.01. The molecule has 8 heteroatoms. The third-order valence-corrected chi connectivity index (χ3v) is 4.68. The number of hydrogen-bond donors (Lipinski definition) is 1. The van der Waals surface area contributed by atoms with Crippen LogP contribution in [0.1, 0.15) is 16.1 Å². The van der Waals surface area contributed by atoms with Crippen molar-refractivity contribution in [1.29, 1.82) is 0 Å². The Labute approximate surface area is 163 Å². The standard InChI is InChI=1S/C20H14FN3O3S/c21-14-4-6-15(7-5-14)26-19-8-3-13(11-22-19)12-23-20(25)16-10-17(27-24-16)18-2-1-9-28-18/h1-11H,12H2,(H,23,25). The zero-order chi connectivity index (χ0) is 19.3. The van der Waals surface area contributed by atoms with Gasteiger partial charge in [0.2, 0.25) is 5.88 Å². The first-order chi connectivity index (χ1) is 13.7. The number of amides is 1. The Morgan fingerprint density at radius 1 is 1.18 bits per heavy atom. The average molecular weight is 395 g/mol. The smallest absolute Gasteiger partial charge is 0.273 e. The van der Waals surface area contributed by atoms with E-state index in [-0.39, 0.29) is 24.0 Å². The third kappa shape index (κ3) is 4.24. The van der Waals surface area contributed by atoms with Crippen LogP contribution < -0.4 is 10.1 Å². The zero-order valence-corrected chi connectivity index (χ0v) is 15.3. The molecule has 4 rings (SSSR count). The third-order valence-electron chi connectivity index (χ3n) is 3.79. The molecule has 3 aromatic heterocycles. The van der Waals surface area contributed by atoms with Crippen LogP contribution in [0.4, 0.5) is 4.39 Å². The summed E-state index contributed by atoms with van der Waals surface area (Å²) < 4.78 is 23.7. The number of benzene rings is 1. The van der Waals surface area contributed by atoms with Crippen LogP contribution in [0.3, 0.4) is 0 Å². The normalized spacial score (nSPS) is 10.6. The minimum atomic E-state index is -0.335. The molecule has 140 valence electrons. The topological polar surface area (TPSA) is 77.2 Å². The SMILES string of the molecule is O=C(NCc1ccc(Oc2ccc(F)cc2)nc1)c1cc(-c2cccs2)on1. The van der Waals surface area contributed by atoms with Gasteiger partial charge < -0.3 is 14.6 Å². The molecule has 0 spiro atoms. The van der Waals surface area contributed by atoms with E-state index in [0.29, 0.717) is 17.4 Å². The minimum absolute atomic E-state index is 0.215. The number of halogens is 1. The number of pyridine rings is 1. The van der Waals surface area contributed by atoms with E-state index >= 15 is 0 Å². The molecule has 0 atom stereocenters. The van der Waals surface area contributed by atoms with Gasteiger partial charge in [-0.05, 0) is 41.3 Å². The molecule has 0 saturated heterocycles. The summed E-state index contributed by atoms with van der Waals surface area (Å²) in [5, 5.41) is 8.50. The van der Waals surface area contributed by atoms with Crippen molar-refractivity contribution in [3.63, 3.8) is 0 Å². The maximum absolute atomic E-state index is 12.9. The number of hydrogen-bond acceptors (Lipinski definition) is 6. The van der Waals surface area contributed by atoms with Gasteiger partial charge in [0.15, 0.2) is 11.5 Å². The van der Waals surface area contributed by atoms with Crippen LogP contribution in [0.2, 0.25) is 0 Å². The van der Waals surface area contributed by atoms with Crippen molar-refractivity contribution in [3.05, 3.63) is 83.2 Å². The molecule has 0 aliphatic rings. The summed E-state index contributed by atoms with van der Waals surface area (Å²) >= 11 is 1.51. The first-order valence-electron chi connectivity index (χ1n) is 8.34. The fourth-order valence-corrected chi connectivity index (χ4v) is 3.06. The van der Waals surface area contributed by atoms with Gasteiger partial charge in [-0.1, -0.05) is 17.3 Å². The lowest BCUT2D eigenvalue weighted by molar-refractivity contribution is 0.0942. The molecule has 28 heavy (non-hydrogen) atoms. The van der Waals surface area contributed by atoms with E-state index in [1.165, 1.54) is 35.6 Å². The summed E-state index contributed by atoms with van der Waals surface area (Å²) in [5.74, 6) is 0.754. The molecule has 0 unspecified atom stereocenters. The van der Waals surface area contributed by atoms with Gasteiger partial charge in [-0.2, -0.15) is 0 Å². The van der Waals surface area contributed by atoms with Crippen LogP contribution in [-0.2, 0) is 6.54 Å². The number of nitrogens with one attached hydrogen (secondary N) is 1. The number of carbonyl (C=O) groups excluding carboxylic acids is 1. The quantitative estimate of drug-likeness (QED) is 0.514. The highest BCUT2D eigenvalue weighted by atomic mass is 32.1. The van der Waals surface area contributed by atoms with E-state index in [2.05, 4.69) is 15.5 Å². The van der Waals surface area contributed by atoms with E-state index < -0.39 is 0 Å². The van der Waals surface area contributed by atoms with Gasteiger partial charge in [-0.15, -0.1) is 11.3 Å². The number of thiophene rings is 1. The van der Waals surface area contributed by atoms with Crippen LogP contribution in [0.5, 0.6) is 11.6 Å². The number of ether oxygens (including phenoxy) is 1. The van der Waals surface area contributed by atoms with E-state index in [1.54, 1.807) is 24.4 Å². The average Bonchev–Trinajstić information content (AvgIpc) is 3.41. The van der Waals surface area contributed by atoms with Gasteiger partial charge in [0.05, 0.1) is 4.88 Å². The molecule has 0 saturated carbocycles. The number of rotatable bonds is 6. The minimum Gasteiger partial charge on any atom is -0.439 e. The Kier molecular flexibility index (Phi) is 5.11. The van der Waals surface area contributed by atoms with Crippen molar-refractivity contribution in [2.24, 2.45) is 0 Å². The maximum atomic E-state index is 12.9. The van der Waals surface area contributed by atoms with Crippen LogP contribution in [0, 0.1) is 5.82 Å². The molecule has 0 aliphatic carbocycles. The lowest BCUT2D eigenvalue weighted by Gasteiger charge is -2.06. The fraction of sp³-hybridized carbons (Fsp3) is 0.0500. The number of nitrogens with zero attached hydrogens (tertiary/aromatic N) is 2. The lowest BCUT2D eigenvalue weighted by atomic mass is 10.2. The Hall–Kier alpha value is -3.52. The molecule has 1 aromatic carbocycles. The summed E-state index contributed by atoms with van der Waals surface area (Å²) in [6.45, 7) is 0.282. The second-order valence-electron chi connectivity index (χ2n) is 5.80. The first kappa shape index (κ1) is 17.9. The highest BCUT2D eigenvalue weighted by Crippen LogP contribution is 2.25.